The summed E-state index contributed by atoms with van der Waals surface area (Å²) in [6.07, 6.45) is 2.75. The van der Waals surface area contributed by atoms with Gasteiger partial charge in [-0.15, -0.1) is 0 Å². The lowest BCUT2D eigenvalue weighted by molar-refractivity contribution is -0.131. The number of carbonyl (C=O) groups is 3. The van der Waals surface area contributed by atoms with Gasteiger partial charge in [-0.2, -0.15) is 0 Å². The summed E-state index contributed by atoms with van der Waals surface area (Å²) in [7, 11) is 1.60. The number of hydrogen-bond donors (Lipinski definition) is 1. The van der Waals surface area contributed by atoms with Crippen LogP contribution in [0.15, 0.2) is 28.7 Å². The highest BCUT2D eigenvalue weighted by atomic mass is 16.5. The maximum atomic E-state index is 12.9. The highest BCUT2D eigenvalue weighted by Gasteiger charge is 2.37. The number of fused-ring (bicyclic) bond motifs is 1. The Kier molecular flexibility index (Phi) is 6.32. The highest BCUT2D eigenvalue weighted by Crippen LogP contribution is 2.38. The minimum absolute atomic E-state index is 0.0403. The van der Waals surface area contributed by atoms with Crippen LogP contribution in [0, 0.1) is 12.3 Å². The van der Waals surface area contributed by atoms with Crippen LogP contribution in [0.2, 0.25) is 0 Å². The van der Waals surface area contributed by atoms with Gasteiger partial charge in [0.15, 0.2) is 11.5 Å². The van der Waals surface area contributed by atoms with E-state index in [2.05, 4.69) is 5.32 Å². The normalized spacial score (nSPS) is 18.1. The third-order valence-corrected chi connectivity index (χ3v) is 6.70. The van der Waals surface area contributed by atoms with Crippen molar-refractivity contribution in [1.29, 1.82) is 0 Å². The van der Waals surface area contributed by atoms with Gasteiger partial charge in [-0.1, -0.05) is 32.0 Å². The number of rotatable bonds is 5. The number of nitrogens with zero attached hydrogens (tertiary/aromatic N) is 1. The lowest BCUT2D eigenvalue weighted by Gasteiger charge is -2.32. The molecule has 0 spiro atoms. The number of likely N-dealkylation sites (tertiary alicyclic amines) is 1. The van der Waals surface area contributed by atoms with Gasteiger partial charge in [0, 0.05) is 43.1 Å². The van der Waals surface area contributed by atoms with Crippen molar-refractivity contribution in [1.82, 2.24) is 10.2 Å². The largest absolute Gasteiger partial charge is 0.496 e. The molecule has 1 N–H and O–H groups in total. The van der Waals surface area contributed by atoms with Crippen molar-refractivity contribution < 1.29 is 23.5 Å². The number of hydrogen-bond acceptors (Lipinski definition) is 5. The van der Waals surface area contributed by atoms with Gasteiger partial charge in [-0.3, -0.25) is 14.4 Å². The molecule has 0 bridgehead atoms. The number of methoxy groups -OCH3 is 1. The molecule has 33 heavy (non-hydrogen) atoms. The molecule has 4 rings (SSSR count). The molecule has 1 aliphatic carbocycles. The molecule has 0 unspecified atom stereocenters. The Hall–Kier alpha value is -3.09. The molecule has 2 amide bonds. The Balaban J connectivity index is 1.35. The van der Waals surface area contributed by atoms with E-state index in [1.54, 1.807) is 14.0 Å². The van der Waals surface area contributed by atoms with Gasteiger partial charge in [0.2, 0.25) is 5.91 Å². The number of Topliss-reactive ketones (excluding diaryl/α,β-unsaturated/α-hetero) is 1. The predicted octanol–water partition coefficient (Wildman–Crippen LogP) is 3.72. The third-order valence-electron chi connectivity index (χ3n) is 6.70. The summed E-state index contributed by atoms with van der Waals surface area (Å²) >= 11 is 0. The number of ketones is 1. The van der Waals surface area contributed by atoms with Crippen LogP contribution in [0.3, 0.4) is 0 Å². The van der Waals surface area contributed by atoms with Gasteiger partial charge in [0.25, 0.3) is 5.91 Å². The van der Waals surface area contributed by atoms with E-state index in [0.717, 1.165) is 5.56 Å². The molecule has 1 aromatic heterocycles. The zero-order valence-corrected chi connectivity index (χ0v) is 19.8. The number of carbonyl (C=O) groups excluding carboxylic acids is 3. The first-order valence-corrected chi connectivity index (χ1v) is 11.5. The summed E-state index contributed by atoms with van der Waals surface area (Å²) in [4.78, 5) is 40.1. The van der Waals surface area contributed by atoms with Gasteiger partial charge < -0.3 is 19.4 Å². The lowest BCUT2D eigenvalue weighted by Crippen LogP contribution is -2.47. The predicted molar refractivity (Wildman–Crippen MR) is 124 cm³/mol. The van der Waals surface area contributed by atoms with Crippen LogP contribution < -0.4 is 10.1 Å². The zero-order valence-electron chi connectivity index (χ0n) is 19.8. The average Bonchev–Trinajstić information content (AvgIpc) is 3.09. The van der Waals surface area contributed by atoms with Crippen LogP contribution in [-0.2, 0) is 17.6 Å². The molecule has 1 aliphatic heterocycles. The van der Waals surface area contributed by atoms with E-state index in [9.17, 15) is 14.4 Å². The summed E-state index contributed by atoms with van der Waals surface area (Å²) < 4.78 is 11.2. The van der Waals surface area contributed by atoms with Crippen LogP contribution in [0.5, 0.6) is 5.75 Å². The third kappa shape index (κ3) is 4.82. The average molecular weight is 453 g/mol. The van der Waals surface area contributed by atoms with E-state index in [4.69, 9.17) is 9.15 Å². The first kappa shape index (κ1) is 23.1. The molecule has 176 valence electrons. The van der Waals surface area contributed by atoms with Crippen LogP contribution in [0.1, 0.15) is 70.9 Å². The molecule has 0 radical (unpaired) electrons. The van der Waals surface area contributed by atoms with Crippen LogP contribution in [-0.4, -0.2) is 48.7 Å². The van der Waals surface area contributed by atoms with Gasteiger partial charge >= 0.3 is 0 Å². The van der Waals surface area contributed by atoms with Crippen molar-refractivity contribution in [3.05, 3.63) is 52.5 Å². The van der Waals surface area contributed by atoms with Crippen LogP contribution in [0.4, 0.5) is 0 Å². The fourth-order valence-corrected chi connectivity index (χ4v) is 4.95. The zero-order chi connectivity index (χ0) is 23.8. The number of ether oxygens (including phenoxy) is 1. The van der Waals surface area contributed by atoms with Gasteiger partial charge in [-0.05, 0) is 31.2 Å². The number of benzene rings is 1. The quantitative estimate of drug-likeness (QED) is 0.747. The minimum atomic E-state index is -0.286. The van der Waals surface area contributed by atoms with E-state index in [-0.39, 0.29) is 34.8 Å². The molecule has 1 aromatic carbocycles. The second-order valence-corrected chi connectivity index (χ2v) is 9.91. The van der Waals surface area contributed by atoms with Crippen LogP contribution >= 0.6 is 0 Å². The molecule has 0 atom stereocenters. The van der Waals surface area contributed by atoms with E-state index in [1.807, 2.05) is 43.0 Å². The van der Waals surface area contributed by atoms with E-state index in [0.29, 0.717) is 67.8 Å². The smallest absolute Gasteiger partial charge is 0.287 e. The highest BCUT2D eigenvalue weighted by molar-refractivity contribution is 6.03. The van der Waals surface area contributed by atoms with Crippen molar-refractivity contribution in [2.24, 2.45) is 5.41 Å². The molecule has 1 saturated heterocycles. The Labute approximate surface area is 194 Å². The summed E-state index contributed by atoms with van der Waals surface area (Å²) in [5.74, 6) is 1.39. The number of furan rings is 1. The van der Waals surface area contributed by atoms with E-state index >= 15 is 0 Å². The maximum Gasteiger partial charge on any atom is 0.287 e. The standard InChI is InChI=1S/C26H32N2O5/c1-16-23-19(29)14-26(2,3)15-21(23)33-24(16)25(31)27-18-9-11-28(12-10-18)22(30)13-17-7-5-6-8-20(17)32-4/h5-8,18H,9-15H2,1-4H3,(H,27,31). The second-order valence-electron chi connectivity index (χ2n) is 9.91. The first-order valence-electron chi connectivity index (χ1n) is 11.5. The number of amides is 2. The monoisotopic (exact) mass is 452 g/mol. The molecule has 1 fully saturated rings. The minimum Gasteiger partial charge on any atom is -0.496 e. The molecular weight excluding hydrogens is 420 g/mol. The Bertz CT molecular complexity index is 1080. The van der Waals surface area contributed by atoms with Crippen molar-refractivity contribution >= 4 is 17.6 Å². The van der Waals surface area contributed by atoms with Gasteiger partial charge in [0.05, 0.1) is 19.1 Å². The summed E-state index contributed by atoms with van der Waals surface area (Å²) in [6, 6.07) is 7.50. The summed E-state index contributed by atoms with van der Waals surface area (Å²) in [5.41, 5.74) is 1.92. The fourth-order valence-electron chi connectivity index (χ4n) is 4.95. The van der Waals surface area contributed by atoms with Gasteiger partial charge in [0.1, 0.15) is 11.5 Å². The number of piperidine rings is 1. The molecule has 7 heteroatoms. The topological polar surface area (TPSA) is 88.8 Å². The van der Waals surface area contributed by atoms with Crippen molar-refractivity contribution in [3.63, 3.8) is 0 Å². The van der Waals surface area contributed by atoms with Gasteiger partial charge in [-0.25, -0.2) is 0 Å². The van der Waals surface area contributed by atoms with Crippen molar-refractivity contribution in [3.8, 4) is 5.75 Å². The van der Waals surface area contributed by atoms with Crippen molar-refractivity contribution in [2.45, 2.75) is 58.9 Å². The fraction of sp³-hybridized carbons (Fsp3) is 0.500. The van der Waals surface area contributed by atoms with Crippen molar-refractivity contribution in [2.75, 3.05) is 20.2 Å². The SMILES string of the molecule is COc1ccccc1CC(=O)N1CCC(NC(=O)c2oc3c(c2C)C(=O)CC(C)(C)C3)CC1. The second kappa shape index (κ2) is 9.04. The molecule has 7 nitrogen and oxygen atoms in total. The Morgan fingerprint density at radius 3 is 2.58 bits per heavy atom. The van der Waals surface area contributed by atoms with E-state index < -0.39 is 0 Å². The number of nitrogens with one attached hydrogen (secondary N) is 1. The molecular formula is C26H32N2O5. The lowest BCUT2D eigenvalue weighted by atomic mass is 9.76. The summed E-state index contributed by atoms with van der Waals surface area (Å²) in [6.45, 7) is 7.02. The van der Waals surface area contributed by atoms with Crippen LogP contribution in [0.25, 0.3) is 0 Å². The molecule has 2 aliphatic rings. The Morgan fingerprint density at radius 2 is 1.88 bits per heavy atom. The number of para-hydroxylation sites is 1. The molecule has 0 saturated carbocycles. The Morgan fingerprint density at radius 1 is 1.18 bits per heavy atom. The summed E-state index contributed by atoms with van der Waals surface area (Å²) in [5, 5.41) is 3.05. The molecule has 2 heterocycles. The maximum absolute atomic E-state index is 12.9. The van der Waals surface area contributed by atoms with E-state index in [1.165, 1.54) is 0 Å². The molecule has 2 aromatic rings. The first-order chi connectivity index (χ1) is 15.7.